The molecule has 3 fully saturated rings. The van der Waals surface area contributed by atoms with Gasteiger partial charge in [-0.1, -0.05) is 0 Å². The third kappa shape index (κ3) is 3.82. The summed E-state index contributed by atoms with van der Waals surface area (Å²) in [6.45, 7) is 0. The molecule has 3 heterocycles. The first-order valence-corrected chi connectivity index (χ1v) is 14.1. The SMILES string of the molecule is CS(=O)(=O)OC1C2OS(=O)(=O)C3C2SC1C3C(=O)Oc1c(F)c(F)c(S(=O)(=O)O)c(F)c1F. The number of thioether (sulfide) groups is 1. The normalized spacial score (nSPS) is 32.3. The molecule has 19 heteroatoms. The molecule has 6 atom stereocenters. The molecule has 1 N–H and O–H groups in total. The van der Waals surface area contributed by atoms with E-state index in [1.807, 2.05) is 0 Å². The molecule has 0 radical (unpaired) electrons. The first kappa shape index (κ1) is 24.6. The molecule has 3 aliphatic heterocycles. The van der Waals surface area contributed by atoms with E-state index in [2.05, 4.69) is 4.74 Å². The lowest BCUT2D eigenvalue weighted by molar-refractivity contribution is -0.140. The topological polar surface area (TPSA) is 167 Å². The van der Waals surface area contributed by atoms with Crippen LogP contribution in [-0.2, 0) is 43.5 Å². The van der Waals surface area contributed by atoms with E-state index in [9.17, 15) is 47.6 Å². The molecule has 6 unspecified atom stereocenters. The number of halogens is 4. The van der Waals surface area contributed by atoms with Crippen LogP contribution in [0.5, 0.6) is 5.75 Å². The van der Waals surface area contributed by atoms with Crippen LogP contribution in [0.3, 0.4) is 0 Å². The number of hydrogen-bond donors (Lipinski definition) is 1. The zero-order chi connectivity index (χ0) is 24.8. The number of hydrogen-bond acceptors (Lipinski definition) is 11. The first-order valence-electron chi connectivity index (χ1n) is 8.46. The number of ether oxygens (including phenoxy) is 1. The molecule has 3 aliphatic rings. The summed E-state index contributed by atoms with van der Waals surface area (Å²) >= 11 is 0.786. The zero-order valence-electron chi connectivity index (χ0n) is 15.6. The number of carbonyl (C=O) groups is 1. The lowest BCUT2D eigenvalue weighted by atomic mass is 9.85. The van der Waals surface area contributed by atoms with Crippen molar-refractivity contribution in [2.75, 3.05) is 6.26 Å². The van der Waals surface area contributed by atoms with Crippen molar-refractivity contribution in [2.24, 2.45) is 5.92 Å². The van der Waals surface area contributed by atoms with Gasteiger partial charge in [-0.2, -0.15) is 34.0 Å². The molecule has 1 aromatic rings. The Kier molecular flexibility index (Phi) is 5.59. The summed E-state index contributed by atoms with van der Waals surface area (Å²) in [6, 6.07) is 0. The second kappa shape index (κ2) is 7.49. The Balaban J connectivity index is 1.74. The van der Waals surface area contributed by atoms with E-state index in [4.69, 9.17) is 12.9 Å². The Morgan fingerprint density at radius 1 is 1.03 bits per heavy atom. The van der Waals surface area contributed by atoms with Crippen molar-refractivity contribution in [1.82, 2.24) is 0 Å². The highest BCUT2D eigenvalue weighted by Crippen LogP contribution is 2.59. The third-order valence-corrected chi connectivity index (χ3v) is 10.2. The molecule has 0 aliphatic carbocycles. The molecule has 2 bridgehead atoms. The van der Waals surface area contributed by atoms with Gasteiger partial charge in [-0.25, -0.2) is 8.78 Å². The molecule has 184 valence electrons. The summed E-state index contributed by atoms with van der Waals surface area (Å²) in [5.41, 5.74) is 0. The molecule has 0 spiro atoms. The van der Waals surface area contributed by atoms with Crippen LogP contribution in [-0.4, -0.2) is 70.0 Å². The number of fused-ring (bicyclic) bond motifs is 1. The summed E-state index contributed by atoms with van der Waals surface area (Å²) in [7, 11) is -14.5. The fourth-order valence-electron chi connectivity index (χ4n) is 3.98. The number of rotatable bonds is 5. The maximum absolute atomic E-state index is 14.2. The molecule has 3 saturated heterocycles. The summed E-state index contributed by atoms with van der Waals surface area (Å²) in [6.07, 6.45) is -2.15. The first-order chi connectivity index (χ1) is 15.0. The maximum Gasteiger partial charge on any atom is 0.317 e. The van der Waals surface area contributed by atoms with Gasteiger partial charge >= 0.3 is 16.1 Å². The van der Waals surface area contributed by atoms with Gasteiger partial charge in [-0.15, -0.1) is 11.8 Å². The van der Waals surface area contributed by atoms with Gasteiger partial charge in [0.05, 0.1) is 22.7 Å². The van der Waals surface area contributed by atoms with Crippen LogP contribution in [0.25, 0.3) is 0 Å². The quantitative estimate of drug-likeness (QED) is 0.128. The number of carbonyl (C=O) groups excluding carboxylic acids is 1. The van der Waals surface area contributed by atoms with Crippen molar-refractivity contribution in [1.29, 1.82) is 0 Å². The lowest BCUT2D eigenvalue weighted by Crippen LogP contribution is -2.50. The fourth-order valence-corrected chi connectivity index (χ4v) is 9.75. The number of esters is 1. The van der Waals surface area contributed by atoms with Crippen LogP contribution in [0, 0.1) is 29.2 Å². The summed E-state index contributed by atoms with van der Waals surface area (Å²) in [4.78, 5) is 10.3. The van der Waals surface area contributed by atoms with E-state index in [0.717, 1.165) is 11.8 Å². The van der Waals surface area contributed by atoms with E-state index >= 15 is 0 Å². The summed E-state index contributed by atoms with van der Waals surface area (Å²) in [5.74, 6) is -15.8. The Morgan fingerprint density at radius 3 is 2.06 bits per heavy atom. The Labute approximate surface area is 187 Å². The van der Waals surface area contributed by atoms with Crippen LogP contribution in [0.2, 0.25) is 0 Å². The minimum absolute atomic E-state index is 0.644. The molecular formula is C14H10F4O11S4. The van der Waals surface area contributed by atoms with Gasteiger partial charge in [-0.3, -0.25) is 17.7 Å². The highest BCUT2D eigenvalue weighted by atomic mass is 32.2. The second-order valence-corrected chi connectivity index (χ2v) is 13.2. The van der Waals surface area contributed by atoms with E-state index in [1.54, 1.807) is 0 Å². The van der Waals surface area contributed by atoms with E-state index in [-0.39, 0.29) is 0 Å². The van der Waals surface area contributed by atoms with Gasteiger partial charge in [0.1, 0.15) is 17.5 Å². The molecule has 0 saturated carbocycles. The lowest BCUT2D eigenvalue weighted by Gasteiger charge is -2.28. The molecule has 1 aromatic carbocycles. The average Bonchev–Trinajstić information content (AvgIpc) is 3.24. The molecule has 0 aromatic heterocycles. The third-order valence-electron chi connectivity index (χ3n) is 5.10. The zero-order valence-corrected chi connectivity index (χ0v) is 18.9. The Hall–Kier alpha value is -1.51. The van der Waals surface area contributed by atoms with Gasteiger partial charge in [-0.05, 0) is 0 Å². The largest absolute Gasteiger partial charge is 0.420 e. The van der Waals surface area contributed by atoms with Crippen molar-refractivity contribution in [3.8, 4) is 5.75 Å². The van der Waals surface area contributed by atoms with Crippen LogP contribution in [0.4, 0.5) is 17.6 Å². The summed E-state index contributed by atoms with van der Waals surface area (Å²) < 4.78 is 149. The number of benzene rings is 1. The van der Waals surface area contributed by atoms with Crippen LogP contribution in [0.1, 0.15) is 0 Å². The van der Waals surface area contributed by atoms with Crippen molar-refractivity contribution in [3.63, 3.8) is 0 Å². The molecule has 11 nitrogen and oxygen atoms in total. The van der Waals surface area contributed by atoms with Gasteiger partial charge in [0, 0.05) is 0 Å². The van der Waals surface area contributed by atoms with Gasteiger partial charge in [0.2, 0.25) is 17.4 Å². The van der Waals surface area contributed by atoms with Crippen molar-refractivity contribution in [3.05, 3.63) is 23.3 Å². The minimum Gasteiger partial charge on any atom is -0.420 e. The predicted octanol–water partition coefficient (Wildman–Crippen LogP) is -0.0491. The Bertz CT molecular complexity index is 1360. The summed E-state index contributed by atoms with van der Waals surface area (Å²) in [5, 5.41) is -3.93. The minimum atomic E-state index is -5.77. The van der Waals surface area contributed by atoms with E-state index < -0.39 is 104 Å². The van der Waals surface area contributed by atoms with Crippen molar-refractivity contribution < 1.29 is 65.3 Å². The molecule has 33 heavy (non-hydrogen) atoms. The van der Waals surface area contributed by atoms with Crippen molar-refractivity contribution >= 4 is 48.1 Å². The smallest absolute Gasteiger partial charge is 0.317 e. The predicted molar refractivity (Wildman–Crippen MR) is 97.7 cm³/mol. The van der Waals surface area contributed by atoms with Crippen molar-refractivity contribution in [2.45, 2.75) is 32.9 Å². The van der Waals surface area contributed by atoms with Gasteiger partial charge in [0.15, 0.2) is 16.5 Å². The second-order valence-electron chi connectivity index (χ2n) is 7.18. The molecule has 4 rings (SSSR count). The average molecular weight is 558 g/mol. The highest BCUT2D eigenvalue weighted by Gasteiger charge is 2.73. The van der Waals surface area contributed by atoms with Crippen LogP contribution in [0.15, 0.2) is 4.90 Å². The van der Waals surface area contributed by atoms with E-state index in [1.165, 1.54) is 0 Å². The van der Waals surface area contributed by atoms with Crippen LogP contribution < -0.4 is 4.74 Å². The van der Waals surface area contributed by atoms with E-state index in [0.29, 0.717) is 6.26 Å². The maximum atomic E-state index is 14.2. The van der Waals surface area contributed by atoms with Gasteiger partial charge in [0.25, 0.3) is 20.2 Å². The molecule has 0 amide bonds. The van der Waals surface area contributed by atoms with Crippen LogP contribution >= 0.6 is 11.8 Å². The highest BCUT2D eigenvalue weighted by molar-refractivity contribution is 8.03. The standard InChI is InChI=1S/C14H10F4O11S4/c1-31(20,21)28-8-9-11-12(33(25,26)29-9)2(10(8)30-11)14(19)27-7-3(15)5(17)13(32(22,23)24)6(18)4(7)16/h2,8-12H,1H3,(H,22,23,24). The Morgan fingerprint density at radius 2 is 1.58 bits per heavy atom. The van der Waals surface area contributed by atoms with Gasteiger partial charge < -0.3 is 4.74 Å². The monoisotopic (exact) mass is 558 g/mol. The molecular weight excluding hydrogens is 548 g/mol. The fraction of sp³-hybridized carbons (Fsp3) is 0.500.